The number of fused-ring (bicyclic) bond motifs is 1. The number of esters is 1. The van der Waals surface area contributed by atoms with Crippen LogP contribution in [-0.2, 0) is 15.3 Å². The van der Waals surface area contributed by atoms with E-state index < -0.39 is 6.04 Å². The van der Waals surface area contributed by atoms with Gasteiger partial charge in [0.1, 0.15) is 11.8 Å². The highest BCUT2D eigenvalue weighted by molar-refractivity contribution is 7.98. The maximum Gasteiger partial charge on any atom is 0.338 e. The molecule has 1 aliphatic heterocycles. The summed E-state index contributed by atoms with van der Waals surface area (Å²) >= 11 is 7.80. The van der Waals surface area contributed by atoms with Crippen LogP contribution in [0, 0.1) is 0 Å². The van der Waals surface area contributed by atoms with E-state index in [1.54, 1.807) is 4.68 Å². The Morgan fingerprint density at radius 1 is 1.21 bits per heavy atom. The van der Waals surface area contributed by atoms with Gasteiger partial charge in [0, 0.05) is 16.5 Å². The number of nitrogens with zero attached hydrogens (tertiary/aromatic N) is 3. The first-order valence-corrected chi connectivity index (χ1v) is 12.6. The van der Waals surface area contributed by atoms with Crippen molar-refractivity contribution in [3.63, 3.8) is 0 Å². The number of carbonyl (C=O) groups is 1. The molecule has 0 bridgehead atoms. The van der Waals surface area contributed by atoms with Gasteiger partial charge in [-0.05, 0) is 49.6 Å². The van der Waals surface area contributed by atoms with Gasteiger partial charge in [0.2, 0.25) is 11.1 Å². The zero-order valence-corrected chi connectivity index (χ0v) is 20.9. The van der Waals surface area contributed by atoms with Gasteiger partial charge >= 0.3 is 5.97 Å². The number of carbonyl (C=O) groups excluding carboxylic acids is 1. The number of allylic oxidation sites excluding steroid dienone is 1. The fourth-order valence-electron chi connectivity index (χ4n) is 3.74. The molecule has 1 N–H and O–H groups in total. The number of benzene rings is 2. The molecule has 0 spiro atoms. The average molecular weight is 499 g/mol. The highest BCUT2D eigenvalue weighted by Crippen LogP contribution is 2.38. The van der Waals surface area contributed by atoms with Crippen LogP contribution < -0.4 is 10.1 Å². The monoisotopic (exact) mass is 498 g/mol. The molecule has 0 aliphatic carbocycles. The van der Waals surface area contributed by atoms with Crippen LogP contribution in [0.4, 0.5) is 5.95 Å². The van der Waals surface area contributed by atoms with Gasteiger partial charge in [-0.25, -0.2) is 9.48 Å². The maximum absolute atomic E-state index is 13.1. The molecular weight excluding hydrogens is 472 g/mol. The maximum atomic E-state index is 13.1. The van der Waals surface area contributed by atoms with Crippen molar-refractivity contribution in [1.82, 2.24) is 14.8 Å². The Labute approximate surface area is 208 Å². The second-order valence-electron chi connectivity index (χ2n) is 7.75. The lowest BCUT2D eigenvalue weighted by Crippen LogP contribution is -2.29. The van der Waals surface area contributed by atoms with Crippen molar-refractivity contribution in [2.75, 3.05) is 18.5 Å². The topological polar surface area (TPSA) is 78.3 Å². The third-order valence-electron chi connectivity index (χ3n) is 5.29. The highest BCUT2D eigenvalue weighted by Gasteiger charge is 2.35. The van der Waals surface area contributed by atoms with Crippen LogP contribution in [0.1, 0.15) is 44.4 Å². The molecule has 1 atom stereocenters. The molecule has 9 heteroatoms. The van der Waals surface area contributed by atoms with Crippen LogP contribution in [0.5, 0.6) is 5.75 Å². The minimum atomic E-state index is -0.497. The minimum Gasteiger partial charge on any atom is -0.494 e. The summed E-state index contributed by atoms with van der Waals surface area (Å²) in [5.74, 6) is 1.56. The van der Waals surface area contributed by atoms with E-state index in [9.17, 15) is 4.79 Å². The van der Waals surface area contributed by atoms with Crippen LogP contribution in [0.2, 0.25) is 5.02 Å². The minimum absolute atomic E-state index is 0.352. The van der Waals surface area contributed by atoms with Crippen molar-refractivity contribution in [2.45, 2.75) is 44.1 Å². The summed E-state index contributed by atoms with van der Waals surface area (Å²) in [7, 11) is 0. The molecule has 0 amide bonds. The van der Waals surface area contributed by atoms with Gasteiger partial charge in [0.15, 0.2) is 0 Å². The van der Waals surface area contributed by atoms with E-state index >= 15 is 0 Å². The van der Waals surface area contributed by atoms with Gasteiger partial charge in [-0.2, -0.15) is 4.98 Å². The zero-order chi connectivity index (χ0) is 24.1. The van der Waals surface area contributed by atoms with Crippen molar-refractivity contribution < 1.29 is 14.3 Å². The summed E-state index contributed by atoms with van der Waals surface area (Å²) < 4.78 is 13.0. The number of rotatable bonds is 9. The Bertz CT molecular complexity index is 1210. The first-order valence-electron chi connectivity index (χ1n) is 11.2. The van der Waals surface area contributed by atoms with E-state index in [4.69, 9.17) is 26.2 Å². The van der Waals surface area contributed by atoms with Crippen LogP contribution in [0.25, 0.3) is 0 Å². The lowest BCUT2D eigenvalue weighted by atomic mass is 9.95. The van der Waals surface area contributed by atoms with E-state index in [0.717, 1.165) is 23.3 Å². The number of nitrogens with one attached hydrogen (secondary N) is 1. The van der Waals surface area contributed by atoms with Crippen molar-refractivity contribution in [3.05, 3.63) is 76.0 Å². The van der Waals surface area contributed by atoms with Gasteiger partial charge in [-0.1, -0.05) is 60.6 Å². The molecule has 1 aliphatic rings. The number of anilines is 1. The van der Waals surface area contributed by atoms with Crippen molar-refractivity contribution in [1.29, 1.82) is 0 Å². The normalized spacial score (nSPS) is 15.0. The lowest BCUT2D eigenvalue weighted by molar-refractivity contribution is -0.139. The first kappa shape index (κ1) is 24.2. The van der Waals surface area contributed by atoms with Crippen LogP contribution >= 0.6 is 23.4 Å². The molecule has 34 heavy (non-hydrogen) atoms. The predicted octanol–water partition coefficient (Wildman–Crippen LogP) is 5.86. The van der Waals surface area contributed by atoms with E-state index in [2.05, 4.69) is 10.3 Å². The van der Waals surface area contributed by atoms with Crippen molar-refractivity contribution in [3.8, 4) is 5.75 Å². The van der Waals surface area contributed by atoms with E-state index in [1.165, 1.54) is 11.8 Å². The quantitative estimate of drug-likeness (QED) is 0.292. The standard InChI is InChI=1S/C25H27ClN4O3S/c1-4-13-33-23(31)21-16(3)27-24-28-25(34-15-18-9-6-7-12-20(18)26)29-30(24)22(21)17-10-8-11-19(14-17)32-5-2/h6-12,14,22H,4-5,13,15H2,1-3H3,(H,27,28,29). The first-order chi connectivity index (χ1) is 16.5. The Hall–Kier alpha value is -2.97. The molecule has 1 aromatic heterocycles. The molecule has 4 rings (SSSR count). The Morgan fingerprint density at radius 2 is 2.03 bits per heavy atom. The summed E-state index contributed by atoms with van der Waals surface area (Å²) in [6.45, 7) is 6.66. The van der Waals surface area contributed by atoms with Crippen molar-refractivity contribution in [2.24, 2.45) is 0 Å². The molecule has 0 saturated heterocycles. The molecule has 2 heterocycles. The van der Waals surface area contributed by atoms with Gasteiger partial charge < -0.3 is 14.8 Å². The average Bonchev–Trinajstić information content (AvgIpc) is 3.23. The molecule has 0 saturated carbocycles. The Kier molecular flexibility index (Phi) is 7.80. The van der Waals surface area contributed by atoms with Gasteiger partial charge in [-0.3, -0.25) is 0 Å². The zero-order valence-electron chi connectivity index (χ0n) is 19.4. The van der Waals surface area contributed by atoms with E-state index in [1.807, 2.05) is 69.3 Å². The fourth-order valence-corrected chi connectivity index (χ4v) is 4.85. The summed E-state index contributed by atoms with van der Waals surface area (Å²) in [4.78, 5) is 17.8. The van der Waals surface area contributed by atoms with Gasteiger partial charge in [-0.15, -0.1) is 5.10 Å². The number of hydrogen-bond acceptors (Lipinski definition) is 7. The molecule has 1 unspecified atom stereocenters. The highest BCUT2D eigenvalue weighted by atomic mass is 35.5. The number of aromatic nitrogens is 3. The molecule has 178 valence electrons. The number of ether oxygens (including phenoxy) is 2. The Morgan fingerprint density at radius 3 is 2.79 bits per heavy atom. The molecule has 0 fully saturated rings. The number of hydrogen-bond donors (Lipinski definition) is 1. The smallest absolute Gasteiger partial charge is 0.338 e. The molecular formula is C25H27ClN4O3S. The summed E-state index contributed by atoms with van der Waals surface area (Å²) in [6, 6.07) is 14.9. The molecule has 2 aromatic carbocycles. The second kappa shape index (κ2) is 11.0. The predicted molar refractivity (Wildman–Crippen MR) is 134 cm³/mol. The summed E-state index contributed by atoms with van der Waals surface area (Å²) in [6.07, 6.45) is 0.743. The van der Waals surface area contributed by atoms with Crippen LogP contribution in [0.15, 0.2) is 65.0 Å². The second-order valence-corrected chi connectivity index (χ2v) is 9.10. The largest absolute Gasteiger partial charge is 0.494 e. The Balaban J connectivity index is 1.70. The van der Waals surface area contributed by atoms with E-state index in [-0.39, 0.29) is 5.97 Å². The van der Waals surface area contributed by atoms with Crippen LogP contribution in [0.3, 0.4) is 0 Å². The molecule has 0 radical (unpaired) electrons. The molecule has 3 aromatic rings. The number of halogens is 1. The lowest BCUT2D eigenvalue weighted by Gasteiger charge is -2.28. The summed E-state index contributed by atoms with van der Waals surface area (Å²) in [5.41, 5.74) is 3.07. The SMILES string of the molecule is CCCOC(=O)C1=C(C)Nc2nc(SCc3ccccc3Cl)nn2C1c1cccc(OCC)c1. The van der Waals surface area contributed by atoms with E-state index in [0.29, 0.717) is 46.4 Å². The van der Waals surface area contributed by atoms with Gasteiger partial charge in [0.25, 0.3) is 0 Å². The third kappa shape index (κ3) is 5.23. The van der Waals surface area contributed by atoms with Crippen LogP contribution in [-0.4, -0.2) is 33.9 Å². The molecule has 7 nitrogen and oxygen atoms in total. The van der Waals surface area contributed by atoms with Crippen molar-refractivity contribution >= 4 is 35.3 Å². The fraction of sp³-hybridized carbons (Fsp3) is 0.320. The summed E-state index contributed by atoms with van der Waals surface area (Å²) in [5, 5.41) is 9.29. The van der Waals surface area contributed by atoms with Gasteiger partial charge in [0.05, 0.1) is 18.8 Å². The third-order valence-corrected chi connectivity index (χ3v) is 6.54. The number of thioether (sulfide) groups is 1.